The van der Waals surface area contributed by atoms with Crippen molar-refractivity contribution in [1.82, 2.24) is 0 Å². The highest BCUT2D eigenvalue weighted by atomic mass is 16.5. The predicted molar refractivity (Wildman–Crippen MR) is 71.1 cm³/mol. The summed E-state index contributed by atoms with van der Waals surface area (Å²) in [5.74, 6) is 0.248. The number of hydrogen-bond donors (Lipinski definition) is 2. The van der Waals surface area contributed by atoms with Crippen LogP contribution in [0.5, 0.6) is 5.75 Å². The van der Waals surface area contributed by atoms with Crippen molar-refractivity contribution < 1.29 is 14.6 Å². The molecule has 1 amide bonds. The number of ether oxygens (including phenoxy) is 1. The number of anilines is 1. The van der Waals surface area contributed by atoms with Crippen molar-refractivity contribution in [3.63, 3.8) is 0 Å². The molecule has 4 nitrogen and oxygen atoms in total. The van der Waals surface area contributed by atoms with E-state index in [9.17, 15) is 9.90 Å². The number of fused-ring (bicyclic) bond motifs is 1. The standard InChI is InChI=1S/C15H13NO3/c1-19-11-8-6-10(7-9-11)15(18)12-4-2-3-5-13(12)16-14(15)17/h2-9,18H,1H3,(H,16,17)/t15-/m1/s1. The third-order valence-electron chi connectivity index (χ3n) is 3.40. The highest BCUT2D eigenvalue weighted by Crippen LogP contribution is 2.40. The number of para-hydroxylation sites is 1. The van der Waals surface area contributed by atoms with Crippen LogP contribution in [0, 0.1) is 0 Å². The molecule has 0 aliphatic carbocycles. The van der Waals surface area contributed by atoms with E-state index in [0.29, 0.717) is 22.6 Å². The first-order chi connectivity index (χ1) is 9.16. The molecule has 1 aliphatic rings. The van der Waals surface area contributed by atoms with Crippen LogP contribution in [0.1, 0.15) is 11.1 Å². The van der Waals surface area contributed by atoms with Gasteiger partial charge in [-0.05, 0) is 23.8 Å². The molecule has 0 fully saturated rings. The molecular weight excluding hydrogens is 242 g/mol. The SMILES string of the molecule is COc1ccc([C@]2(O)C(=O)Nc3ccccc32)cc1. The van der Waals surface area contributed by atoms with Crippen LogP contribution in [0.3, 0.4) is 0 Å². The summed E-state index contributed by atoms with van der Waals surface area (Å²) in [5, 5.41) is 13.5. The lowest BCUT2D eigenvalue weighted by Gasteiger charge is -2.21. The van der Waals surface area contributed by atoms with Gasteiger partial charge in [0.1, 0.15) is 5.75 Å². The largest absolute Gasteiger partial charge is 0.497 e. The van der Waals surface area contributed by atoms with Gasteiger partial charge in [0.2, 0.25) is 0 Å². The third kappa shape index (κ3) is 1.61. The van der Waals surface area contributed by atoms with Gasteiger partial charge in [-0.3, -0.25) is 4.79 Å². The van der Waals surface area contributed by atoms with Crippen LogP contribution >= 0.6 is 0 Å². The Morgan fingerprint density at radius 2 is 1.79 bits per heavy atom. The number of aliphatic hydroxyl groups is 1. The maximum atomic E-state index is 12.1. The van der Waals surface area contributed by atoms with Gasteiger partial charge in [-0.1, -0.05) is 30.3 Å². The van der Waals surface area contributed by atoms with Crippen molar-refractivity contribution in [3.8, 4) is 5.75 Å². The van der Waals surface area contributed by atoms with E-state index in [0.717, 1.165) is 0 Å². The van der Waals surface area contributed by atoms with Gasteiger partial charge in [-0.25, -0.2) is 0 Å². The lowest BCUT2D eigenvalue weighted by molar-refractivity contribution is -0.129. The highest BCUT2D eigenvalue weighted by Gasteiger charge is 2.46. The Balaban J connectivity index is 2.14. The quantitative estimate of drug-likeness (QED) is 0.861. The van der Waals surface area contributed by atoms with Crippen LogP contribution < -0.4 is 10.1 Å². The molecular formula is C15H13NO3. The second-order valence-electron chi connectivity index (χ2n) is 4.44. The first-order valence-corrected chi connectivity index (χ1v) is 5.94. The molecule has 96 valence electrons. The topological polar surface area (TPSA) is 58.6 Å². The zero-order valence-electron chi connectivity index (χ0n) is 10.4. The van der Waals surface area contributed by atoms with Crippen molar-refractivity contribution in [2.45, 2.75) is 5.60 Å². The average Bonchev–Trinajstić information content (AvgIpc) is 2.72. The normalized spacial score (nSPS) is 20.8. The van der Waals surface area contributed by atoms with Gasteiger partial charge in [0.05, 0.1) is 7.11 Å². The summed E-state index contributed by atoms with van der Waals surface area (Å²) in [6.45, 7) is 0. The predicted octanol–water partition coefficient (Wildman–Crippen LogP) is 1.88. The van der Waals surface area contributed by atoms with E-state index in [2.05, 4.69) is 5.32 Å². The van der Waals surface area contributed by atoms with Gasteiger partial charge in [0.15, 0.2) is 5.60 Å². The third-order valence-corrected chi connectivity index (χ3v) is 3.40. The van der Waals surface area contributed by atoms with Crippen molar-refractivity contribution in [2.24, 2.45) is 0 Å². The smallest absolute Gasteiger partial charge is 0.265 e. The van der Waals surface area contributed by atoms with E-state index in [1.54, 1.807) is 49.6 Å². The fourth-order valence-electron chi connectivity index (χ4n) is 2.36. The van der Waals surface area contributed by atoms with Crippen molar-refractivity contribution in [2.75, 3.05) is 12.4 Å². The summed E-state index contributed by atoms with van der Waals surface area (Å²) in [6, 6.07) is 14.0. The van der Waals surface area contributed by atoms with Crippen LogP contribution in [0.4, 0.5) is 5.69 Å². The minimum absolute atomic E-state index is 0.432. The molecule has 2 N–H and O–H groups in total. The number of carbonyl (C=O) groups is 1. The molecule has 1 heterocycles. The van der Waals surface area contributed by atoms with Crippen molar-refractivity contribution in [3.05, 3.63) is 59.7 Å². The van der Waals surface area contributed by atoms with E-state index in [-0.39, 0.29) is 0 Å². The maximum absolute atomic E-state index is 12.1. The minimum atomic E-state index is -1.64. The highest BCUT2D eigenvalue weighted by molar-refractivity contribution is 6.07. The van der Waals surface area contributed by atoms with E-state index in [4.69, 9.17) is 4.74 Å². The Kier molecular flexibility index (Phi) is 2.54. The van der Waals surface area contributed by atoms with Gasteiger partial charge in [-0.2, -0.15) is 0 Å². The number of hydrogen-bond acceptors (Lipinski definition) is 3. The molecule has 1 atom stereocenters. The van der Waals surface area contributed by atoms with Crippen LogP contribution in [-0.2, 0) is 10.4 Å². The molecule has 0 radical (unpaired) electrons. The van der Waals surface area contributed by atoms with Gasteiger partial charge >= 0.3 is 0 Å². The average molecular weight is 255 g/mol. The summed E-state index contributed by atoms with van der Waals surface area (Å²) in [4.78, 5) is 12.1. The summed E-state index contributed by atoms with van der Waals surface area (Å²) in [6.07, 6.45) is 0. The molecule has 0 aromatic heterocycles. The molecule has 2 aromatic rings. The van der Waals surface area contributed by atoms with E-state index in [1.165, 1.54) is 0 Å². The van der Waals surface area contributed by atoms with Crippen LogP contribution in [-0.4, -0.2) is 18.1 Å². The molecule has 3 rings (SSSR count). The van der Waals surface area contributed by atoms with Crippen molar-refractivity contribution in [1.29, 1.82) is 0 Å². The lowest BCUT2D eigenvalue weighted by atomic mass is 9.87. The molecule has 0 unspecified atom stereocenters. The molecule has 19 heavy (non-hydrogen) atoms. The second-order valence-corrected chi connectivity index (χ2v) is 4.44. The Labute approximate surface area is 110 Å². The monoisotopic (exact) mass is 255 g/mol. The number of amides is 1. The fourth-order valence-corrected chi connectivity index (χ4v) is 2.36. The number of nitrogens with one attached hydrogen (secondary N) is 1. The number of methoxy groups -OCH3 is 1. The van der Waals surface area contributed by atoms with E-state index >= 15 is 0 Å². The molecule has 4 heteroatoms. The first kappa shape index (κ1) is 11.7. The molecule has 0 saturated heterocycles. The Bertz CT molecular complexity index is 636. The van der Waals surface area contributed by atoms with Crippen molar-refractivity contribution >= 4 is 11.6 Å². The zero-order valence-corrected chi connectivity index (χ0v) is 10.4. The lowest BCUT2D eigenvalue weighted by Crippen LogP contribution is -2.35. The van der Waals surface area contributed by atoms with Crippen LogP contribution in [0.2, 0.25) is 0 Å². The number of rotatable bonds is 2. The fraction of sp³-hybridized carbons (Fsp3) is 0.133. The molecule has 1 aliphatic heterocycles. The van der Waals surface area contributed by atoms with Crippen LogP contribution in [0.25, 0.3) is 0 Å². The molecule has 0 bridgehead atoms. The Morgan fingerprint density at radius 3 is 2.47 bits per heavy atom. The summed E-state index contributed by atoms with van der Waals surface area (Å²) >= 11 is 0. The Hall–Kier alpha value is -2.33. The Morgan fingerprint density at radius 1 is 1.11 bits per heavy atom. The molecule has 2 aromatic carbocycles. The summed E-state index contributed by atoms with van der Waals surface area (Å²) in [7, 11) is 1.57. The van der Waals surface area contributed by atoms with Gasteiger partial charge in [0.25, 0.3) is 5.91 Å². The minimum Gasteiger partial charge on any atom is -0.497 e. The van der Waals surface area contributed by atoms with Gasteiger partial charge < -0.3 is 15.2 Å². The van der Waals surface area contributed by atoms with Crippen LogP contribution in [0.15, 0.2) is 48.5 Å². The van der Waals surface area contributed by atoms with Gasteiger partial charge in [0, 0.05) is 11.3 Å². The number of carbonyl (C=O) groups excluding carboxylic acids is 1. The van der Waals surface area contributed by atoms with E-state index < -0.39 is 11.5 Å². The second kappa shape index (κ2) is 4.10. The maximum Gasteiger partial charge on any atom is 0.265 e. The summed E-state index contributed by atoms with van der Waals surface area (Å²) in [5.41, 5.74) is 0.106. The molecule has 0 saturated carbocycles. The summed E-state index contributed by atoms with van der Waals surface area (Å²) < 4.78 is 5.08. The zero-order chi connectivity index (χ0) is 13.5. The first-order valence-electron chi connectivity index (χ1n) is 5.94. The van der Waals surface area contributed by atoms with E-state index in [1.807, 2.05) is 6.07 Å². The molecule has 0 spiro atoms. The number of benzene rings is 2. The van der Waals surface area contributed by atoms with Gasteiger partial charge in [-0.15, -0.1) is 0 Å².